The first-order chi connectivity index (χ1) is 9.97. The van der Waals surface area contributed by atoms with E-state index in [2.05, 4.69) is 34.6 Å². The molecule has 0 radical (unpaired) electrons. The lowest BCUT2D eigenvalue weighted by Gasteiger charge is -2.36. The number of nitrogens with two attached hydrogens (primary N) is 1. The highest BCUT2D eigenvalue weighted by atomic mass is 14.6. The Hall–Kier alpha value is -0.0400. The van der Waals surface area contributed by atoms with Crippen molar-refractivity contribution in [3.05, 3.63) is 0 Å². The second kappa shape index (κ2) is 9.18. The Morgan fingerprint density at radius 1 is 1.10 bits per heavy atom. The molecule has 1 aliphatic rings. The van der Waals surface area contributed by atoms with Crippen molar-refractivity contribution in [3.8, 4) is 0 Å². The van der Waals surface area contributed by atoms with E-state index in [-0.39, 0.29) is 0 Å². The topological polar surface area (TPSA) is 26.0 Å². The van der Waals surface area contributed by atoms with Gasteiger partial charge in [-0.1, -0.05) is 66.7 Å². The van der Waals surface area contributed by atoms with Crippen molar-refractivity contribution in [1.29, 1.82) is 0 Å². The van der Waals surface area contributed by atoms with Gasteiger partial charge < -0.3 is 5.73 Å². The molecule has 0 saturated heterocycles. The summed E-state index contributed by atoms with van der Waals surface area (Å²) in [5.41, 5.74) is 6.54. The SMILES string of the molecule is CCCCC(CC)CC(C)(C)CC1C(CC)CCC1CN. The zero-order chi connectivity index (χ0) is 15.9. The molecule has 0 bridgehead atoms. The minimum Gasteiger partial charge on any atom is -0.330 e. The normalized spacial score (nSPS) is 28.0. The zero-order valence-corrected chi connectivity index (χ0v) is 15.5. The number of rotatable bonds is 10. The second-order valence-corrected chi connectivity index (χ2v) is 8.39. The van der Waals surface area contributed by atoms with Crippen LogP contribution in [0.15, 0.2) is 0 Å². The van der Waals surface area contributed by atoms with E-state index in [1.807, 2.05) is 0 Å². The van der Waals surface area contributed by atoms with Crippen molar-refractivity contribution in [3.63, 3.8) is 0 Å². The van der Waals surface area contributed by atoms with Gasteiger partial charge in [0.15, 0.2) is 0 Å². The third kappa shape index (κ3) is 5.93. The molecular formula is C20H41N. The third-order valence-corrected chi connectivity index (χ3v) is 6.12. The summed E-state index contributed by atoms with van der Waals surface area (Å²) < 4.78 is 0. The van der Waals surface area contributed by atoms with Crippen molar-refractivity contribution in [2.75, 3.05) is 6.54 Å². The van der Waals surface area contributed by atoms with Gasteiger partial charge >= 0.3 is 0 Å². The average Bonchev–Trinajstić information content (AvgIpc) is 2.84. The first-order valence-corrected chi connectivity index (χ1v) is 9.67. The van der Waals surface area contributed by atoms with Crippen LogP contribution >= 0.6 is 0 Å². The van der Waals surface area contributed by atoms with Crippen LogP contribution in [-0.2, 0) is 0 Å². The van der Waals surface area contributed by atoms with Crippen LogP contribution in [0, 0.1) is 29.1 Å². The van der Waals surface area contributed by atoms with Gasteiger partial charge in [-0.2, -0.15) is 0 Å². The van der Waals surface area contributed by atoms with Crippen molar-refractivity contribution >= 4 is 0 Å². The molecule has 0 spiro atoms. The Morgan fingerprint density at radius 2 is 1.76 bits per heavy atom. The molecule has 0 heterocycles. The minimum atomic E-state index is 0.490. The summed E-state index contributed by atoms with van der Waals surface area (Å²) in [7, 11) is 0. The molecule has 0 aromatic rings. The fourth-order valence-electron chi connectivity index (χ4n) is 4.82. The van der Waals surface area contributed by atoms with Gasteiger partial charge in [0.1, 0.15) is 0 Å². The highest BCUT2D eigenvalue weighted by Gasteiger charge is 2.38. The van der Waals surface area contributed by atoms with Crippen molar-refractivity contribution in [2.24, 2.45) is 34.8 Å². The van der Waals surface area contributed by atoms with Gasteiger partial charge in [0, 0.05) is 0 Å². The highest BCUT2D eigenvalue weighted by molar-refractivity contribution is 4.89. The fourth-order valence-corrected chi connectivity index (χ4v) is 4.82. The third-order valence-electron chi connectivity index (χ3n) is 6.12. The maximum absolute atomic E-state index is 6.05. The molecular weight excluding hydrogens is 254 g/mol. The van der Waals surface area contributed by atoms with Crippen LogP contribution in [-0.4, -0.2) is 6.54 Å². The van der Waals surface area contributed by atoms with Crippen LogP contribution in [0.3, 0.4) is 0 Å². The molecule has 1 heteroatoms. The van der Waals surface area contributed by atoms with E-state index < -0.39 is 0 Å². The van der Waals surface area contributed by atoms with Gasteiger partial charge in [0.2, 0.25) is 0 Å². The molecule has 21 heavy (non-hydrogen) atoms. The predicted molar refractivity (Wildman–Crippen MR) is 95.4 cm³/mol. The number of unbranched alkanes of at least 4 members (excludes halogenated alkanes) is 1. The molecule has 1 fully saturated rings. The van der Waals surface area contributed by atoms with E-state index in [0.717, 1.165) is 30.2 Å². The van der Waals surface area contributed by atoms with Gasteiger partial charge in [0.05, 0.1) is 0 Å². The van der Waals surface area contributed by atoms with Crippen LogP contribution < -0.4 is 5.73 Å². The first kappa shape index (κ1) is 19.0. The molecule has 0 amide bonds. The molecule has 1 nitrogen and oxygen atoms in total. The largest absolute Gasteiger partial charge is 0.330 e. The molecule has 1 saturated carbocycles. The van der Waals surface area contributed by atoms with Gasteiger partial charge in [0.25, 0.3) is 0 Å². The molecule has 0 aromatic carbocycles. The lowest BCUT2D eigenvalue weighted by Crippen LogP contribution is -2.28. The summed E-state index contributed by atoms with van der Waals surface area (Å²) in [6.45, 7) is 13.0. The van der Waals surface area contributed by atoms with Crippen LogP contribution in [0.5, 0.6) is 0 Å². The predicted octanol–water partition coefficient (Wildman–Crippen LogP) is 6.02. The zero-order valence-electron chi connectivity index (χ0n) is 15.5. The average molecular weight is 296 g/mol. The maximum Gasteiger partial charge on any atom is -0.00461 e. The molecule has 0 aliphatic heterocycles. The lowest BCUT2D eigenvalue weighted by atomic mass is 9.70. The standard InChI is InChI=1S/C20H41N/c1-6-9-10-16(7-2)13-20(4,5)14-19-17(8-3)11-12-18(19)15-21/h16-19H,6-15,21H2,1-5H3. The highest BCUT2D eigenvalue weighted by Crippen LogP contribution is 2.46. The van der Waals surface area contributed by atoms with E-state index in [0.29, 0.717) is 5.41 Å². The van der Waals surface area contributed by atoms with Crippen LogP contribution in [0.1, 0.15) is 92.4 Å². The van der Waals surface area contributed by atoms with E-state index in [4.69, 9.17) is 5.73 Å². The van der Waals surface area contributed by atoms with Crippen LogP contribution in [0.2, 0.25) is 0 Å². The smallest absolute Gasteiger partial charge is 0.00461 e. The molecule has 4 unspecified atom stereocenters. The Balaban J connectivity index is 2.59. The van der Waals surface area contributed by atoms with Crippen molar-refractivity contribution < 1.29 is 0 Å². The van der Waals surface area contributed by atoms with Crippen LogP contribution in [0.4, 0.5) is 0 Å². The Labute approximate surface area is 134 Å². The lowest BCUT2D eigenvalue weighted by molar-refractivity contribution is 0.152. The van der Waals surface area contributed by atoms with E-state index in [1.54, 1.807) is 0 Å². The first-order valence-electron chi connectivity index (χ1n) is 9.67. The Morgan fingerprint density at radius 3 is 2.29 bits per heavy atom. The molecule has 4 atom stereocenters. The summed E-state index contributed by atoms with van der Waals surface area (Å²) in [4.78, 5) is 0. The monoisotopic (exact) mass is 295 g/mol. The van der Waals surface area contributed by atoms with E-state index in [9.17, 15) is 0 Å². The summed E-state index contributed by atoms with van der Waals surface area (Å²) in [5.74, 6) is 3.55. The van der Waals surface area contributed by atoms with Crippen molar-refractivity contribution in [2.45, 2.75) is 92.4 Å². The fraction of sp³-hybridized carbons (Fsp3) is 1.00. The molecule has 126 valence electrons. The van der Waals surface area contributed by atoms with E-state index in [1.165, 1.54) is 57.8 Å². The molecule has 1 rings (SSSR count). The number of hydrogen-bond acceptors (Lipinski definition) is 1. The Bertz CT molecular complexity index is 259. The minimum absolute atomic E-state index is 0.490. The summed E-state index contributed by atoms with van der Waals surface area (Å²) >= 11 is 0. The van der Waals surface area contributed by atoms with Crippen LogP contribution in [0.25, 0.3) is 0 Å². The van der Waals surface area contributed by atoms with Crippen molar-refractivity contribution in [1.82, 2.24) is 0 Å². The Kier molecular flexibility index (Phi) is 8.31. The van der Waals surface area contributed by atoms with Gasteiger partial charge in [-0.3, -0.25) is 0 Å². The molecule has 1 aliphatic carbocycles. The molecule has 2 N–H and O–H groups in total. The maximum atomic E-state index is 6.05. The second-order valence-electron chi connectivity index (χ2n) is 8.39. The van der Waals surface area contributed by atoms with Gasteiger partial charge in [-0.05, 0) is 61.3 Å². The summed E-state index contributed by atoms with van der Waals surface area (Å²) in [5, 5.41) is 0. The van der Waals surface area contributed by atoms with Gasteiger partial charge in [-0.25, -0.2) is 0 Å². The quantitative estimate of drug-likeness (QED) is 0.524. The summed E-state index contributed by atoms with van der Waals surface area (Å²) in [6, 6.07) is 0. The number of hydrogen-bond donors (Lipinski definition) is 1. The van der Waals surface area contributed by atoms with Gasteiger partial charge in [-0.15, -0.1) is 0 Å². The van der Waals surface area contributed by atoms with E-state index >= 15 is 0 Å². The summed E-state index contributed by atoms with van der Waals surface area (Å²) in [6.07, 6.45) is 12.5. The molecule has 0 aromatic heterocycles.